The zero-order valence-electron chi connectivity index (χ0n) is 19.2. The van der Waals surface area contributed by atoms with Crippen LogP contribution in [-0.2, 0) is 16.1 Å². The number of carbonyl (C=O) groups is 2. The molecular weight excluding hydrogens is 404 g/mol. The predicted molar refractivity (Wildman–Crippen MR) is 123 cm³/mol. The van der Waals surface area contributed by atoms with Crippen molar-refractivity contribution >= 4 is 17.4 Å². The maximum Gasteiger partial charge on any atom is 0.278 e. The van der Waals surface area contributed by atoms with Crippen LogP contribution in [0, 0.1) is 13.8 Å². The van der Waals surface area contributed by atoms with E-state index in [2.05, 4.69) is 11.0 Å². The molecule has 0 bridgehead atoms. The van der Waals surface area contributed by atoms with Crippen molar-refractivity contribution < 1.29 is 19.1 Å². The van der Waals surface area contributed by atoms with Crippen molar-refractivity contribution in [2.45, 2.75) is 39.7 Å². The largest absolute Gasteiger partial charge is 0.493 e. The highest BCUT2D eigenvalue weighted by atomic mass is 16.5. The van der Waals surface area contributed by atoms with Crippen LogP contribution < -0.4 is 9.47 Å². The highest BCUT2D eigenvalue weighted by Crippen LogP contribution is 2.36. The van der Waals surface area contributed by atoms with Crippen molar-refractivity contribution in [1.29, 1.82) is 0 Å². The fourth-order valence-corrected chi connectivity index (χ4v) is 4.62. The van der Waals surface area contributed by atoms with Crippen molar-refractivity contribution in [1.82, 2.24) is 9.80 Å². The Hall–Kier alpha value is -3.28. The molecule has 0 atom stereocenters. The molecule has 2 aliphatic heterocycles. The lowest BCUT2D eigenvalue weighted by Crippen LogP contribution is -2.36. The number of ether oxygens (including phenoxy) is 2. The third-order valence-corrected chi connectivity index (χ3v) is 6.26. The molecule has 2 heterocycles. The Kier molecular flexibility index (Phi) is 6.21. The van der Waals surface area contributed by atoms with Gasteiger partial charge in [0, 0.05) is 13.1 Å². The van der Waals surface area contributed by atoms with Crippen LogP contribution in [0.4, 0.5) is 0 Å². The van der Waals surface area contributed by atoms with Crippen molar-refractivity contribution in [2.24, 2.45) is 0 Å². The lowest BCUT2D eigenvalue weighted by Gasteiger charge is -2.29. The second-order valence-corrected chi connectivity index (χ2v) is 8.48. The minimum atomic E-state index is -0.239. The summed E-state index contributed by atoms with van der Waals surface area (Å²) in [6.45, 7) is 5.81. The SMILES string of the molecule is COc1ccc(CN2C(=O)C(c3ccc(C)cc3C)=C(N3CCCCC3)C2=O)cc1OC. The first-order valence-electron chi connectivity index (χ1n) is 11.1. The van der Waals surface area contributed by atoms with Crippen LogP contribution in [0.25, 0.3) is 5.57 Å². The maximum absolute atomic E-state index is 13.7. The number of aryl methyl sites for hydroxylation is 2. The van der Waals surface area contributed by atoms with Gasteiger partial charge in [-0.1, -0.05) is 29.8 Å². The second kappa shape index (κ2) is 9.07. The van der Waals surface area contributed by atoms with Crippen LogP contribution in [0.1, 0.15) is 41.5 Å². The molecular formula is C26H30N2O4. The fraction of sp³-hybridized carbons (Fsp3) is 0.385. The summed E-state index contributed by atoms with van der Waals surface area (Å²) in [4.78, 5) is 30.7. The van der Waals surface area contributed by atoms with Gasteiger partial charge in [0.1, 0.15) is 5.70 Å². The molecule has 4 rings (SSSR count). The van der Waals surface area contributed by atoms with Crippen molar-refractivity contribution in [3.8, 4) is 11.5 Å². The van der Waals surface area contributed by atoms with Crippen molar-refractivity contribution in [2.75, 3.05) is 27.3 Å². The minimum absolute atomic E-state index is 0.184. The second-order valence-electron chi connectivity index (χ2n) is 8.48. The molecule has 6 heteroatoms. The zero-order valence-corrected chi connectivity index (χ0v) is 19.2. The Morgan fingerprint density at radius 3 is 2.22 bits per heavy atom. The number of carbonyl (C=O) groups excluding carboxylic acids is 2. The van der Waals surface area contributed by atoms with Gasteiger partial charge in [0.2, 0.25) is 0 Å². The van der Waals surface area contributed by atoms with Gasteiger partial charge in [0.25, 0.3) is 11.8 Å². The van der Waals surface area contributed by atoms with Gasteiger partial charge in [-0.15, -0.1) is 0 Å². The maximum atomic E-state index is 13.7. The first-order chi connectivity index (χ1) is 15.4. The highest BCUT2D eigenvalue weighted by molar-refractivity contribution is 6.35. The van der Waals surface area contributed by atoms with E-state index < -0.39 is 0 Å². The summed E-state index contributed by atoms with van der Waals surface area (Å²) in [6.07, 6.45) is 3.21. The van der Waals surface area contributed by atoms with E-state index in [0.717, 1.165) is 54.6 Å². The van der Waals surface area contributed by atoms with Gasteiger partial charge in [0.05, 0.1) is 26.3 Å². The molecule has 0 aromatic heterocycles. The Bertz CT molecular complexity index is 1080. The molecule has 0 radical (unpaired) electrons. The molecule has 2 aliphatic rings. The van der Waals surface area contributed by atoms with Gasteiger partial charge in [-0.05, 0) is 61.9 Å². The van der Waals surface area contributed by atoms with Crippen LogP contribution in [0.2, 0.25) is 0 Å². The van der Waals surface area contributed by atoms with Gasteiger partial charge in [-0.25, -0.2) is 0 Å². The van der Waals surface area contributed by atoms with Crippen LogP contribution in [0.3, 0.4) is 0 Å². The molecule has 2 amide bonds. The molecule has 0 saturated carbocycles. The van der Waals surface area contributed by atoms with E-state index in [4.69, 9.17) is 9.47 Å². The molecule has 2 aromatic carbocycles. The van der Waals surface area contributed by atoms with E-state index in [9.17, 15) is 9.59 Å². The summed E-state index contributed by atoms with van der Waals surface area (Å²) < 4.78 is 10.7. The molecule has 0 N–H and O–H groups in total. The molecule has 0 spiro atoms. The van der Waals surface area contributed by atoms with Crippen LogP contribution in [0.5, 0.6) is 11.5 Å². The predicted octanol–water partition coefficient (Wildman–Crippen LogP) is 4.09. The number of rotatable bonds is 6. The topological polar surface area (TPSA) is 59.1 Å². The first-order valence-corrected chi connectivity index (χ1v) is 11.1. The Labute approximate surface area is 189 Å². The molecule has 0 unspecified atom stereocenters. The number of benzene rings is 2. The van der Waals surface area contributed by atoms with Crippen LogP contribution >= 0.6 is 0 Å². The Morgan fingerprint density at radius 1 is 0.844 bits per heavy atom. The monoisotopic (exact) mass is 434 g/mol. The zero-order chi connectivity index (χ0) is 22.8. The van der Waals surface area contributed by atoms with E-state index in [0.29, 0.717) is 22.8 Å². The number of nitrogens with zero attached hydrogens (tertiary/aromatic N) is 2. The number of piperidine rings is 1. The molecule has 1 fully saturated rings. The standard InChI is InChI=1S/C26H30N2O4/c1-17-8-10-20(18(2)14-17)23-24(27-12-6-5-7-13-27)26(30)28(25(23)29)16-19-9-11-21(31-3)22(15-19)32-4/h8-11,14-15H,5-7,12-13,16H2,1-4H3. The van der Waals surface area contributed by atoms with E-state index >= 15 is 0 Å². The lowest BCUT2D eigenvalue weighted by molar-refractivity contribution is -0.138. The summed E-state index contributed by atoms with van der Waals surface area (Å²) in [6, 6.07) is 11.5. The van der Waals surface area contributed by atoms with Gasteiger partial charge >= 0.3 is 0 Å². The molecule has 1 saturated heterocycles. The number of imide groups is 1. The number of hydrogen-bond donors (Lipinski definition) is 0. The average Bonchev–Trinajstić information content (AvgIpc) is 3.04. The van der Waals surface area contributed by atoms with E-state index in [-0.39, 0.29) is 18.4 Å². The summed E-state index contributed by atoms with van der Waals surface area (Å²) >= 11 is 0. The van der Waals surface area contributed by atoms with Crippen LogP contribution in [-0.4, -0.2) is 48.9 Å². The van der Waals surface area contributed by atoms with Gasteiger partial charge in [-0.2, -0.15) is 0 Å². The third-order valence-electron chi connectivity index (χ3n) is 6.26. The number of hydrogen-bond acceptors (Lipinski definition) is 5. The quantitative estimate of drug-likeness (QED) is 0.641. The van der Waals surface area contributed by atoms with Crippen molar-refractivity contribution in [3.05, 3.63) is 64.3 Å². The summed E-state index contributed by atoms with van der Waals surface area (Å²) in [5.74, 6) is 0.723. The lowest BCUT2D eigenvalue weighted by atomic mass is 9.97. The van der Waals surface area contributed by atoms with Gasteiger partial charge in [0.15, 0.2) is 11.5 Å². The smallest absolute Gasteiger partial charge is 0.278 e. The summed E-state index contributed by atoms with van der Waals surface area (Å²) in [5.41, 5.74) is 4.85. The Balaban J connectivity index is 1.73. The first kappa shape index (κ1) is 21.9. The molecule has 168 valence electrons. The normalized spacial score (nSPS) is 16.8. The number of methoxy groups -OCH3 is 2. The average molecular weight is 435 g/mol. The van der Waals surface area contributed by atoms with E-state index in [1.807, 2.05) is 38.1 Å². The Morgan fingerprint density at radius 2 is 1.56 bits per heavy atom. The minimum Gasteiger partial charge on any atom is -0.493 e. The van der Waals surface area contributed by atoms with E-state index in [1.54, 1.807) is 20.3 Å². The van der Waals surface area contributed by atoms with E-state index in [1.165, 1.54) is 4.90 Å². The molecule has 32 heavy (non-hydrogen) atoms. The van der Waals surface area contributed by atoms with Gasteiger partial charge in [-0.3, -0.25) is 14.5 Å². The number of amides is 2. The summed E-state index contributed by atoms with van der Waals surface area (Å²) in [7, 11) is 3.15. The fourth-order valence-electron chi connectivity index (χ4n) is 4.62. The van der Waals surface area contributed by atoms with Gasteiger partial charge < -0.3 is 14.4 Å². The summed E-state index contributed by atoms with van der Waals surface area (Å²) in [5, 5.41) is 0. The number of likely N-dealkylation sites (tertiary alicyclic amines) is 1. The highest BCUT2D eigenvalue weighted by Gasteiger charge is 2.42. The van der Waals surface area contributed by atoms with Crippen molar-refractivity contribution in [3.63, 3.8) is 0 Å². The molecule has 2 aromatic rings. The third kappa shape index (κ3) is 3.97. The van der Waals surface area contributed by atoms with Crippen LogP contribution in [0.15, 0.2) is 42.1 Å². The molecule has 6 nitrogen and oxygen atoms in total. The molecule has 0 aliphatic carbocycles.